The molecule has 1 aromatic heterocycles. The molecule has 2 atom stereocenters. The van der Waals surface area contributed by atoms with Crippen molar-refractivity contribution in [2.75, 3.05) is 20.1 Å². The maximum Gasteiger partial charge on any atom is 0.490 e. The fourth-order valence-electron chi connectivity index (χ4n) is 3.21. The maximum absolute atomic E-state index is 10.6. The molecule has 0 amide bonds. The van der Waals surface area contributed by atoms with E-state index in [-0.39, 0.29) is 0 Å². The predicted octanol–water partition coefficient (Wildman–Crippen LogP) is 4.43. The number of aliphatic carboxylic acids is 2. The number of carbonyl (C=O) groups is 2. The molecule has 13 heteroatoms. The van der Waals surface area contributed by atoms with Crippen LogP contribution in [0.2, 0.25) is 0 Å². The highest BCUT2D eigenvalue weighted by molar-refractivity contribution is 5.73. The molecule has 2 heterocycles. The lowest BCUT2D eigenvalue weighted by molar-refractivity contribution is -0.193. The van der Waals surface area contributed by atoms with Gasteiger partial charge in [0.15, 0.2) is 0 Å². The first kappa shape index (κ1) is 30.8. The number of benzene rings is 1. The van der Waals surface area contributed by atoms with Crippen LogP contribution in [0.4, 0.5) is 26.3 Å². The minimum absolute atomic E-state index is 0.330. The largest absolute Gasteiger partial charge is 0.490 e. The maximum atomic E-state index is 10.6. The van der Waals surface area contributed by atoms with Crippen LogP contribution >= 0.6 is 0 Å². The van der Waals surface area contributed by atoms with Crippen molar-refractivity contribution in [3.05, 3.63) is 66.0 Å². The molecule has 1 aliphatic rings. The van der Waals surface area contributed by atoms with E-state index in [9.17, 15) is 26.3 Å². The third-order valence-corrected chi connectivity index (χ3v) is 4.88. The summed E-state index contributed by atoms with van der Waals surface area (Å²) in [5.41, 5.74) is 2.55. The average molecular weight is 524 g/mol. The predicted molar refractivity (Wildman–Crippen MR) is 116 cm³/mol. The summed E-state index contributed by atoms with van der Waals surface area (Å²) in [6, 6.07) is 14.8. The lowest BCUT2D eigenvalue weighted by atomic mass is 9.89. The number of carboxylic acid groups (broad SMARTS) is 2. The number of piperidine rings is 1. The Labute approximate surface area is 203 Å². The van der Waals surface area contributed by atoms with E-state index in [0.29, 0.717) is 18.6 Å². The van der Waals surface area contributed by atoms with Crippen molar-refractivity contribution >= 4 is 11.9 Å². The summed E-state index contributed by atoms with van der Waals surface area (Å²) < 4.78 is 69.7. The summed E-state index contributed by atoms with van der Waals surface area (Å²) in [7, 11) is 2.20. The third kappa shape index (κ3) is 12.5. The van der Waals surface area contributed by atoms with Gasteiger partial charge in [-0.2, -0.15) is 26.3 Å². The Morgan fingerprint density at radius 2 is 1.50 bits per heavy atom. The molecule has 0 saturated carbocycles. The monoisotopic (exact) mass is 524 g/mol. The van der Waals surface area contributed by atoms with Gasteiger partial charge in [0, 0.05) is 31.4 Å². The Bertz CT molecular complexity index is 902. The van der Waals surface area contributed by atoms with Crippen LogP contribution in [0.25, 0.3) is 0 Å². The van der Waals surface area contributed by atoms with Gasteiger partial charge in [-0.25, -0.2) is 9.59 Å². The third-order valence-electron chi connectivity index (χ3n) is 4.88. The molecule has 1 fully saturated rings. The highest BCUT2D eigenvalue weighted by atomic mass is 19.4. The van der Waals surface area contributed by atoms with Crippen LogP contribution in [-0.4, -0.2) is 70.6 Å². The molecule has 2 aromatic rings. The summed E-state index contributed by atoms with van der Waals surface area (Å²) in [6.07, 6.45) is -3.95. The summed E-state index contributed by atoms with van der Waals surface area (Å²) >= 11 is 0. The zero-order valence-corrected chi connectivity index (χ0v) is 19.2. The van der Waals surface area contributed by atoms with Crippen LogP contribution < -0.4 is 0 Å². The molecular formula is C23H26F6N2O5. The van der Waals surface area contributed by atoms with E-state index in [1.165, 1.54) is 5.56 Å². The first-order chi connectivity index (χ1) is 16.7. The number of nitrogens with zero attached hydrogens (tertiary/aromatic N) is 2. The summed E-state index contributed by atoms with van der Waals surface area (Å²) in [5.74, 6) is -4.96. The molecule has 36 heavy (non-hydrogen) atoms. The van der Waals surface area contributed by atoms with E-state index >= 15 is 0 Å². The second kappa shape index (κ2) is 14.4. The van der Waals surface area contributed by atoms with Crippen molar-refractivity contribution in [3.8, 4) is 0 Å². The zero-order valence-electron chi connectivity index (χ0n) is 19.2. The van der Waals surface area contributed by atoms with Crippen molar-refractivity contribution in [1.29, 1.82) is 0 Å². The topological polar surface area (TPSA) is 100.0 Å². The zero-order chi connectivity index (χ0) is 27.4. The van der Waals surface area contributed by atoms with Crippen molar-refractivity contribution in [2.45, 2.75) is 37.9 Å². The molecule has 1 aromatic carbocycles. The van der Waals surface area contributed by atoms with Gasteiger partial charge in [-0.3, -0.25) is 4.98 Å². The summed E-state index contributed by atoms with van der Waals surface area (Å²) in [5, 5.41) is 14.2. The SMILES string of the molecule is CN1CC[C@@H](OCc2cccnc2)[C@@H](Cc2ccccc2)C1.O=C(O)C(F)(F)F.O=C(O)C(F)(F)F. The Balaban J connectivity index is 0.000000383. The standard InChI is InChI=1S/C19H24N2O.2C2HF3O2/c1-21-11-9-19(22-15-17-8-5-10-20-13-17)18(14-21)12-16-6-3-2-4-7-16;2*3-2(4,5)1(6)7/h2-8,10,13,18-19H,9,11-12,14-15H2,1H3;2*(H,6,7)/t18-,19+;;/m0../s1. The van der Waals surface area contributed by atoms with Gasteiger partial charge in [0.2, 0.25) is 0 Å². The normalized spacial score (nSPS) is 18.2. The highest BCUT2D eigenvalue weighted by Gasteiger charge is 2.38. The molecule has 200 valence electrons. The van der Waals surface area contributed by atoms with Gasteiger partial charge in [-0.1, -0.05) is 36.4 Å². The number of carboxylic acids is 2. The van der Waals surface area contributed by atoms with Crippen molar-refractivity contribution in [2.24, 2.45) is 5.92 Å². The lowest BCUT2D eigenvalue weighted by Crippen LogP contribution is -2.43. The second-order valence-electron chi connectivity index (χ2n) is 7.82. The molecule has 7 nitrogen and oxygen atoms in total. The second-order valence-corrected chi connectivity index (χ2v) is 7.82. The number of hydrogen-bond donors (Lipinski definition) is 2. The van der Waals surface area contributed by atoms with Crippen LogP contribution in [0.15, 0.2) is 54.9 Å². The van der Waals surface area contributed by atoms with Crippen LogP contribution in [0, 0.1) is 5.92 Å². The van der Waals surface area contributed by atoms with Gasteiger partial charge in [0.05, 0.1) is 12.7 Å². The smallest absolute Gasteiger partial charge is 0.475 e. The van der Waals surface area contributed by atoms with E-state index < -0.39 is 24.3 Å². The van der Waals surface area contributed by atoms with E-state index in [4.69, 9.17) is 24.5 Å². The number of pyridine rings is 1. The molecule has 0 unspecified atom stereocenters. The van der Waals surface area contributed by atoms with Crippen molar-refractivity contribution < 1.29 is 50.9 Å². The summed E-state index contributed by atoms with van der Waals surface area (Å²) in [4.78, 5) is 24.4. The number of alkyl halides is 6. The summed E-state index contributed by atoms with van der Waals surface area (Å²) in [6.45, 7) is 2.88. The number of halogens is 6. The van der Waals surface area contributed by atoms with E-state index in [0.717, 1.165) is 31.5 Å². The van der Waals surface area contributed by atoms with Gasteiger partial charge < -0.3 is 19.8 Å². The number of hydrogen-bond acceptors (Lipinski definition) is 5. The molecule has 0 spiro atoms. The van der Waals surface area contributed by atoms with E-state index in [2.05, 4.69) is 53.3 Å². The van der Waals surface area contributed by atoms with Gasteiger partial charge in [0.1, 0.15) is 0 Å². The fraction of sp³-hybridized carbons (Fsp3) is 0.435. The fourth-order valence-corrected chi connectivity index (χ4v) is 3.21. The first-order valence-electron chi connectivity index (χ1n) is 10.5. The molecule has 1 aliphatic heterocycles. The quantitative estimate of drug-likeness (QED) is 0.559. The Morgan fingerprint density at radius 1 is 0.972 bits per heavy atom. The minimum Gasteiger partial charge on any atom is -0.475 e. The number of ether oxygens (including phenoxy) is 1. The Kier molecular flexibility index (Phi) is 12.3. The Hall–Kier alpha value is -3.19. The minimum atomic E-state index is -5.08. The molecular weight excluding hydrogens is 498 g/mol. The molecule has 0 bridgehead atoms. The first-order valence-corrected chi connectivity index (χ1v) is 10.5. The van der Waals surface area contributed by atoms with Gasteiger partial charge >= 0.3 is 24.3 Å². The van der Waals surface area contributed by atoms with Crippen molar-refractivity contribution in [1.82, 2.24) is 9.88 Å². The highest BCUT2D eigenvalue weighted by Crippen LogP contribution is 2.24. The van der Waals surface area contributed by atoms with Crippen LogP contribution in [-0.2, 0) is 27.4 Å². The van der Waals surface area contributed by atoms with Gasteiger partial charge in [-0.05, 0) is 37.1 Å². The van der Waals surface area contributed by atoms with E-state index in [1.54, 1.807) is 6.20 Å². The van der Waals surface area contributed by atoms with Crippen molar-refractivity contribution in [3.63, 3.8) is 0 Å². The lowest BCUT2D eigenvalue weighted by Gasteiger charge is -2.36. The van der Waals surface area contributed by atoms with E-state index in [1.807, 2.05) is 12.3 Å². The van der Waals surface area contributed by atoms with Crippen LogP contribution in [0.3, 0.4) is 0 Å². The van der Waals surface area contributed by atoms with Crippen LogP contribution in [0.1, 0.15) is 17.5 Å². The molecule has 3 rings (SSSR count). The van der Waals surface area contributed by atoms with Gasteiger partial charge in [0.25, 0.3) is 0 Å². The molecule has 2 N–H and O–H groups in total. The molecule has 0 aliphatic carbocycles. The number of rotatable bonds is 5. The average Bonchev–Trinajstić information content (AvgIpc) is 2.79. The molecule has 1 saturated heterocycles. The van der Waals surface area contributed by atoms with Gasteiger partial charge in [-0.15, -0.1) is 0 Å². The van der Waals surface area contributed by atoms with Crippen LogP contribution in [0.5, 0.6) is 0 Å². The number of aromatic nitrogens is 1. The number of likely N-dealkylation sites (tertiary alicyclic amines) is 1. The Morgan fingerprint density at radius 3 is 1.97 bits per heavy atom. The molecule has 0 radical (unpaired) electrons.